The van der Waals surface area contributed by atoms with E-state index in [0.717, 1.165) is 24.3 Å². The van der Waals surface area contributed by atoms with Gasteiger partial charge >= 0.3 is 0 Å². The molecule has 1 aromatic heterocycles. The first-order chi connectivity index (χ1) is 12.6. The molecule has 4 rings (SSSR count). The third-order valence-electron chi connectivity index (χ3n) is 4.87. The highest BCUT2D eigenvalue weighted by atomic mass is 16.5. The molecular formula is C19H21N3O4. The summed E-state index contributed by atoms with van der Waals surface area (Å²) in [7, 11) is 1.65. The van der Waals surface area contributed by atoms with Crippen molar-refractivity contribution in [3.63, 3.8) is 0 Å². The van der Waals surface area contributed by atoms with Crippen molar-refractivity contribution >= 4 is 18.1 Å². The van der Waals surface area contributed by atoms with E-state index in [1.165, 1.54) is 5.56 Å². The number of carbonyl (C=O) groups excluding carboxylic acids is 1. The van der Waals surface area contributed by atoms with Gasteiger partial charge in [-0.25, -0.2) is 0 Å². The lowest BCUT2D eigenvalue weighted by Gasteiger charge is -2.19. The number of hydrogen-bond donors (Lipinski definition) is 0. The van der Waals surface area contributed by atoms with E-state index >= 15 is 0 Å². The molecular weight excluding hydrogens is 334 g/mol. The molecule has 7 heteroatoms. The summed E-state index contributed by atoms with van der Waals surface area (Å²) < 4.78 is 16.7. The van der Waals surface area contributed by atoms with Gasteiger partial charge in [0.25, 0.3) is 0 Å². The highest BCUT2D eigenvalue weighted by Crippen LogP contribution is 2.33. The molecule has 26 heavy (non-hydrogen) atoms. The van der Waals surface area contributed by atoms with Crippen molar-refractivity contribution in [3.8, 4) is 5.75 Å². The minimum atomic E-state index is -0.232. The highest BCUT2D eigenvalue weighted by Gasteiger charge is 2.38. The predicted octanol–water partition coefficient (Wildman–Crippen LogP) is 2.48. The molecule has 0 aliphatic carbocycles. The number of nitrogens with zero attached hydrogens (tertiary/aromatic N) is 3. The van der Waals surface area contributed by atoms with Crippen LogP contribution in [0.1, 0.15) is 42.3 Å². The van der Waals surface area contributed by atoms with Gasteiger partial charge in [0.1, 0.15) is 11.8 Å². The van der Waals surface area contributed by atoms with Crippen molar-refractivity contribution in [2.45, 2.75) is 31.9 Å². The third-order valence-corrected chi connectivity index (χ3v) is 4.87. The zero-order chi connectivity index (χ0) is 18.1. The zero-order valence-corrected chi connectivity index (χ0v) is 14.8. The van der Waals surface area contributed by atoms with Gasteiger partial charge in [0.05, 0.1) is 12.7 Å². The summed E-state index contributed by atoms with van der Waals surface area (Å²) in [6, 6.07) is 5.85. The Labute approximate surface area is 151 Å². The van der Waals surface area contributed by atoms with Crippen LogP contribution >= 0.6 is 0 Å². The monoisotopic (exact) mass is 355 g/mol. The Balaban J connectivity index is 1.50. The average Bonchev–Trinajstić information content (AvgIpc) is 3.37. The number of methoxy groups -OCH3 is 1. The van der Waals surface area contributed by atoms with Gasteiger partial charge in [-0.15, -0.1) is 10.2 Å². The van der Waals surface area contributed by atoms with Crippen LogP contribution in [0.5, 0.6) is 5.75 Å². The topological polar surface area (TPSA) is 77.7 Å². The van der Waals surface area contributed by atoms with Crippen molar-refractivity contribution in [2.24, 2.45) is 0 Å². The largest absolute Gasteiger partial charge is 0.493 e. The number of benzene rings is 1. The lowest BCUT2D eigenvalue weighted by Crippen LogP contribution is -2.29. The Bertz CT molecular complexity index is 845. The summed E-state index contributed by atoms with van der Waals surface area (Å²) in [4.78, 5) is 13.6. The lowest BCUT2D eigenvalue weighted by atomic mass is 10.1. The summed E-state index contributed by atoms with van der Waals surface area (Å²) in [6.07, 6.45) is 5.31. The quantitative estimate of drug-likeness (QED) is 0.838. The van der Waals surface area contributed by atoms with E-state index in [2.05, 4.69) is 16.3 Å². The number of rotatable bonds is 4. The molecule has 2 aliphatic rings. The summed E-state index contributed by atoms with van der Waals surface area (Å²) in [5.74, 6) is 1.80. The zero-order valence-electron chi connectivity index (χ0n) is 14.8. The van der Waals surface area contributed by atoms with Crippen molar-refractivity contribution in [1.82, 2.24) is 15.1 Å². The molecule has 0 saturated carbocycles. The fourth-order valence-corrected chi connectivity index (χ4v) is 3.48. The second-order valence-corrected chi connectivity index (χ2v) is 6.56. The molecule has 1 aromatic carbocycles. The van der Waals surface area contributed by atoms with Crippen LogP contribution in [-0.4, -0.2) is 47.4 Å². The van der Waals surface area contributed by atoms with Crippen molar-refractivity contribution in [2.75, 3.05) is 20.3 Å². The van der Waals surface area contributed by atoms with E-state index in [9.17, 15) is 4.79 Å². The van der Waals surface area contributed by atoms with E-state index < -0.39 is 0 Å². The lowest BCUT2D eigenvalue weighted by molar-refractivity contribution is -0.130. The predicted molar refractivity (Wildman–Crippen MR) is 94.4 cm³/mol. The number of hydrogen-bond acceptors (Lipinski definition) is 6. The maximum atomic E-state index is 11.9. The summed E-state index contributed by atoms with van der Waals surface area (Å²) in [6.45, 7) is 2.83. The maximum Gasteiger partial charge on any atom is 0.240 e. The van der Waals surface area contributed by atoms with E-state index in [-0.39, 0.29) is 18.1 Å². The first-order valence-corrected chi connectivity index (χ1v) is 8.71. The molecule has 136 valence electrons. The molecule has 7 nitrogen and oxygen atoms in total. The first-order valence-electron chi connectivity index (χ1n) is 8.71. The van der Waals surface area contributed by atoms with Crippen LogP contribution in [0.2, 0.25) is 0 Å². The van der Waals surface area contributed by atoms with Gasteiger partial charge in [-0.1, -0.05) is 6.07 Å². The fourth-order valence-electron chi connectivity index (χ4n) is 3.48. The van der Waals surface area contributed by atoms with Crippen molar-refractivity contribution in [1.29, 1.82) is 0 Å². The van der Waals surface area contributed by atoms with Crippen molar-refractivity contribution < 1.29 is 18.7 Å². The molecule has 3 heterocycles. The number of amides is 1. The Kier molecular flexibility index (Phi) is 4.46. The molecule has 1 amide bonds. The maximum absolute atomic E-state index is 11.9. The van der Waals surface area contributed by atoms with Crippen LogP contribution in [0, 0.1) is 0 Å². The van der Waals surface area contributed by atoms with E-state index in [1.807, 2.05) is 18.2 Å². The number of likely N-dealkylation sites (tertiary alicyclic amines) is 1. The number of fused-ring (bicyclic) bond motifs is 1. The van der Waals surface area contributed by atoms with E-state index in [0.29, 0.717) is 24.7 Å². The van der Waals surface area contributed by atoms with Crippen LogP contribution < -0.4 is 4.74 Å². The van der Waals surface area contributed by atoms with E-state index in [1.54, 1.807) is 25.0 Å². The van der Waals surface area contributed by atoms with E-state index in [4.69, 9.17) is 13.9 Å². The Morgan fingerprint density at radius 2 is 2.23 bits per heavy atom. The normalized spacial score (nSPS) is 22.0. The second-order valence-electron chi connectivity index (χ2n) is 6.56. The molecule has 0 unspecified atom stereocenters. The van der Waals surface area contributed by atoms with Gasteiger partial charge in [-0.05, 0) is 29.3 Å². The fraction of sp³-hybridized carbons (Fsp3) is 0.421. The standard InChI is InChI=1S/C19H21N3O4/c1-12(23)22-11-15(24-2)10-16(22)19-21-20-18(26-19)6-4-13-3-5-17-14(9-13)7-8-25-17/h3-6,9,15-16H,7-8,10-11H2,1-2H3/b6-4+/t15-,16+/m0/s1. The number of carbonyl (C=O) groups is 1. The van der Waals surface area contributed by atoms with Crippen molar-refractivity contribution in [3.05, 3.63) is 41.1 Å². The number of ether oxygens (including phenoxy) is 2. The van der Waals surface area contributed by atoms with Gasteiger partial charge in [0, 0.05) is 39.5 Å². The number of aromatic nitrogens is 2. The van der Waals surface area contributed by atoms with Crippen LogP contribution in [0.3, 0.4) is 0 Å². The molecule has 0 N–H and O–H groups in total. The molecule has 2 aliphatic heterocycles. The summed E-state index contributed by atoms with van der Waals surface area (Å²) in [5.41, 5.74) is 2.27. The van der Waals surface area contributed by atoms with Crippen LogP contribution in [0.15, 0.2) is 22.6 Å². The Morgan fingerprint density at radius 3 is 3.04 bits per heavy atom. The van der Waals surface area contributed by atoms with Gasteiger partial charge in [-0.2, -0.15) is 0 Å². The highest BCUT2D eigenvalue weighted by molar-refractivity contribution is 5.74. The molecule has 2 aromatic rings. The summed E-state index contributed by atoms with van der Waals surface area (Å²) in [5, 5.41) is 8.22. The Morgan fingerprint density at radius 1 is 1.35 bits per heavy atom. The minimum absolute atomic E-state index is 0.0107. The molecule has 1 saturated heterocycles. The van der Waals surface area contributed by atoms with Crippen LogP contribution in [0.4, 0.5) is 0 Å². The van der Waals surface area contributed by atoms with Gasteiger partial charge in [-0.3, -0.25) is 4.79 Å². The summed E-state index contributed by atoms with van der Waals surface area (Å²) >= 11 is 0. The minimum Gasteiger partial charge on any atom is -0.493 e. The third kappa shape index (κ3) is 3.22. The smallest absolute Gasteiger partial charge is 0.240 e. The molecule has 1 fully saturated rings. The van der Waals surface area contributed by atoms with Gasteiger partial charge < -0.3 is 18.8 Å². The first kappa shape index (κ1) is 16.8. The molecule has 2 atom stereocenters. The molecule has 0 spiro atoms. The second kappa shape index (κ2) is 6.92. The van der Waals surface area contributed by atoms with Crippen LogP contribution in [0.25, 0.3) is 12.2 Å². The Hall–Kier alpha value is -2.67. The van der Waals surface area contributed by atoms with Gasteiger partial charge in [0.15, 0.2) is 0 Å². The molecule has 0 bridgehead atoms. The SMILES string of the molecule is CO[C@H]1C[C@H](c2nnc(/C=C/c3ccc4c(c3)CCO4)o2)N(C(C)=O)C1. The van der Waals surface area contributed by atoms with Gasteiger partial charge in [0.2, 0.25) is 17.7 Å². The average molecular weight is 355 g/mol. The van der Waals surface area contributed by atoms with Crippen LogP contribution in [-0.2, 0) is 16.0 Å². The molecule has 0 radical (unpaired) electrons.